The second kappa shape index (κ2) is 7.12. The summed E-state index contributed by atoms with van der Waals surface area (Å²) < 4.78 is 5.39. The summed E-state index contributed by atoms with van der Waals surface area (Å²) in [5.74, 6) is 0.0728. The molecule has 0 N–H and O–H groups in total. The number of Topliss-reactive ketones (excluding diaryl/α,β-unsaturated/α-hetero) is 1. The van der Waals surface area contributed by atoms with E-state index in [2.05, 4.69) is 6.58 Å². The van der Waals surface area contributed by atoms with E-state index < -0.39 is 0 Å². The van der Waals surface area contributed by atoms with Gasteiger partial charge in [0.1, 0.15) is 6.61 Å². The molecular weight excluding hydrogens is 224 g/mol. The first kappa shape index (κ1) is 14.7. The SMILES string of the molecule is C=CCCCOCC(=O)c1c(C)cc(C)cc1C. The van der Waals surface area contributed by atoms with Crippen LogP contribution in [0.25, 0.3) is 0 Å². The molecule has 2 nitrogen and oxygen atoms in total. The monoisotopic (exact) mass is 246 g/mol. The molecule has 0 radical (unpaired) electrons. The fraction of sp³-hybridized carbons (Fsp3) is 0.438. The van der Waals surface area contributed by atoms with Gasteiger partial charge in [-0.2, -0.15) is 0 Å². The lowest BCUT2D eigenvalue weighted by atomic mass is 9.97. The summed E-state index contributed by atoms with van der Waals surface area (Å²) in [5, 5.41) is 0. The topological polar surface area (TPSA) is 26.3 Å². The Morgan fingerprint density at radius 2 is 1.89 bits per heavy atom. The van der Waals surface area contributed by atoms with E-state index in [1.54, 1.807) is 0 Å². The third kappa shape index (κ3) is 4.11. The zero-order chi connectivity index (χ0) is 13.5. The van der Waals surface area contributed by atoms with Crippen molar-refractivity contribution in [3.63, 3.8) is 0 Å². The van der Waals surface area contributed by atoms with Gasteiger partial charge >= 0.3 is 0 Å². The molecule has 0 bridgehead atoms. The van der Waals surface area contributed by atoms with E-state index in [1.165, 1.54) is 5.56 Å². The Morgan fingerprint density at radius 3 is 2.44 bits per heavy atom. The summed E-state index contributed by atoms with van der Waals surface area (Å²) >= 11 is 0. The predicted octanol–water partition coefficient (Wildman–Crippen LogP) is 3.78. The number of unbranched alkanes of at least 4 members (excludes halogenated alkanes) is 1. The Hall–Kier alpha value is -1.41. The molecule has 2 heteroatoms. The first-order valence-corrected chi connectivity index (χ1v) is 6.36. The van der Waals surface area contributed by atoms with Crippen LogP contribution in [0.3, 0.4) is 0 Å². The van der Waals surface area contributed by atoms with Crippen LogP contribution < -0.4 is 0 Å². The Labute approximate surface area is 110 Å². The Kier molecular flexibility index (Phi) is 5.79. The Bertz CT molecular complexity index is 410. The fourth-order valence-corrected chi connectivity index (χ4v) is 2.19. The zero-order valence-corrected chi connectivity index (χ0v) is 11.6. The van der Waals surface area contributed by atoms with E-state index in [0.717, 1.165) is 29.5 Å². The third-order valence-electron chi connectivity index (χ3n) is 2.89. The minimum absolute atomic E-state index is 0.0728. The van der Waals surface area contributed by atoms with Gasteiger partial charge in [-0.15, -0.1) is 6.58 Å². The standard InChI is InChI=1S/C16H22O2/c1-5-6-7-8-18-11-15(17)16-13(3)9-12(2)10-14(16)4/h5,9-10H,1,6-8,11H2,2-4H3. The lowest BCUT2D eigenvalue weighted by Gasteiger charge is -2.10. The molecule has 0 aliphatic carbocycles. The summed E-state index contributed by atoms with van der Waals surface area (Å²) in [5.41, 5.74) is 4.07. The van der Waals surface area contributed by atoms with Crippen LogP contribution in [0, 0.1) is 20.8 Å². The minimum atomic E-state index is 0.0728. The highest BCUT2D eigenvalue weighted by Gasteiger charge is 2.12. The lowest BCUT2D eigenvalue weighted by Crippen LogP contribution is -2.13. The van der Waals surface area contributed by atoms with E-state index in [1.807, 2.05) is 39.0 Å². The van der Waals surface area contributed by atoms with Crippen LogP contribution in [0.2, 0.25) is 0 Å². The number of aryl methyl sites for hydroxylation is 3. The van der Waals surface area contributed by atoms with Crippen molar-refractivity contribution in [2.24, 2.45) is 0 Å². The van der Waals surface area contributed by atoms with Crippen LogP contribution in [0.1, 0.15) is 39.9 Å². The molecule has 0 aliphatic heterocycles. The molecule has 98 valence electrons. The largest absolute Gasteiger partial charge is 0.373 e. The third-order valence-corrected chi connectivity index (χ3v) is 2.89. The predicted molar refractivity (Wildman–Crippen MR) is 75.2 cm³/mol. The van der Waals surface area contributed by atoms with Crippen LogP contribution in [-0.2, 0) is 4.74 Å². The molecule has 0 atom stereocenters. The molecule has 0 aliphatic rings. The van der Waals surface area contributed by atoms with Crippen LogP contribution in [0.4, 0.5) is 0 Å². The highest BCUT2D eigenvalue weighted by Crippen LogP contribution is 2.17. The molecule has 0 spiro atoms. The van der Waals surface area contributed by atoms with Crippen molar-refractivity contribution in [2.45, 2.75) is 33.6 Å². The maximum atomic E-state index is 12.1. The van der Waals surface area contributed by atoms with Gasteiger partial charge in [0, 0.05) is 12.2 Å². The van der Waals surface area contributed by atoms with Gasteiger partial charge in [-0.3, -0.25) is 4.79 Å². The highest BCUT2D eigenvalue weighted by atomic mass is 16.5. The smallest absolute Gasteiger partial charge is 0.188 e. The van der Waals surface area contributed by atoms with Gasteiger partial charge in [0.2, 0.25) is 0 Å². The van der Waals surface area contributed by atoms with Gasteiger partial charge in [0.25, 0.3) is 0 Å². The highest BCUT2D eigenvalue weighted by molar-refractivity contribution is 5.99. The summed E-state index contributed by atoms with van der Waals surface area (Å²) in [6, 6.07) is 4.08. The van der Waals surface area contributed by atoms with Crippen molar-refractivity contribution in [2.75, 3.05) is 13.2 Å². The molecule has 0 saturated carbocycles. The van der Waals surface area contributed by atoms with Crippen LogP contribution in [0.5, 0.6) is 0 Å². The molecule has 0 saturated heterocycles. The van der Waals surface area contributed by atoms with Gasteiger partial charge in [-0.05, 0) is 44.7 Å². The Morgan fingerprint density at radius 1 is 1.28 bits per heavy atom. The van der Waals surface area contributed by atoms with Gasteiger partial charge in [0.15, 0.2) is 5.78 Å². The van der Waals surface area contributed by atoms with Gasteiger partial charge < -0.3 is 4.74 Å². The van der Waals surface area contributed by atoms with Crippen LogP contribution >= 0.6 is 0 Å². The van der Waals surface area contributed by atoms with E-state index >= 15 is 0 Å². The van der Waals surface area contributed by atoms with Crippen molar-refractivity contribution in [1.82, 2.24) is 0 Å². The molecular formula is C16H22O2. The molecule has 0 heterocycles. The molecule has 0 fully saturated rings. The second-order valence-corrected chi connectivity index (χ2v) is 4.68. The normalized spacial score (nSPS) is 10.4. The zero-order valence-electron chi connectivity index (χ0n) is 11.6. The molecule has 0 amide bonds. The van der Waals surface area contributed by atoms with Gasteiger partial charge in [0.05, 0.1) is 0 Å². The maximum absolute atomic E-state index is 12.1. The van der Waals surface area contributed by atoms with Crippen molar-refractivity contribution in [3.8, 4) is 0 Å². The molecule has 1 aromatic carbocycles. The number of allylic oxidation sites excluding steroid dienone is 1. The second-order valence-electron chi connectivity index (χ2n) is 4.68. The molecule has 1 rings (SSSR count). The number of hydrogen-bond acceptors (Lipinski definition) is 2. The van der Waals surface area contributed by atoms with E-state index in [4.69, 9.17) is 4.74 Å². The molecule has 0 unspecified atom stereocenters. The number of carbonyl (C=O) groups excluding carboxylic acids is 1. The van der Waals surface area contributed by atoms with Crippen LogP contribution in [0.15, 0.2) is 24.8 Å². The summed E-state index contributed by atoms with van der Waals surface area (Å²) in [7, 11) is 0. The number of ether oxygens (including phenoxy) is 1. The molecule has 0 aromatic heterocycles. The van der Waals surface area contributed by atoms with Gasteiger partial charge in [-0.1, -0.05) is 23.8 Å². The first-order valence-electron chi connectivity index (χ1n) is 6.36. The summed E-state index contributed by atoms with van der Waals surface area (Å²) in [6.45, 7) is 10.4. The quantitative estimate of drug-likeness (QED) is 0.416. The number of carbonyl (C=O) groups is 1. The summed E-state index contributed by atoms with van der Waals surface area (Å²) in [6.07, 6.45) is 3.71. The number of rotatable bonds is 7. The van der Waals surface area contributed by atoms with Crippen molar-refractivity contribution >= 4 is 5.78 Å². The van der Waals surface area contributed by atoms with E-state index in [-0.39, 0.29) is 12.4 Å². The van der Waals surface area contributed by atoms with Crippen molar-refractivity contribution in [3.05, 3.63) is 47.0 Å². The number of benzene rings is 1. The summed E-state index contributed by atoms with van der Waals surface area (Å²) in [4.78, 5) is 12.1. The van der Waals surface area contributed by atoms with Crippen molar-refractivity contribution < 1.29 is 9.53 Å². The average molecular weight is 246 g/mol. The van der Waals surface area contributed by atoms with E-state index in [9.17, 15) is 4.79 Å². The maximum Gasteiger partial charge on any atom is 0.188 e. The van der Waals surface area contributed by atoms with Crippen LogP contribution in [-0.4, -0.2) is 19.0 Å². The number of ketones is 1. The first-order chi connectivity index (χ1) is 8.56. The van der Waals surface area contributed by atoms with E-state index in [0.29, 0.717) is 6.61 Å². The average Bonchev–Trinajstić information content (AvgIpc) is 2.27. The number of hydrogen-bond donors (Lipinski definition) is 0. The van der Waals surface area contributed by atoms with Gasteiger partial charge in [-0.25, -0.2) is 0 Å². The van der Waals surface area contributed by atoms with Crippen molar-refractivity contribution in [1.29, 1.82) is 0 Å². The fourth-order valence-electron chi connectivity index (χ4n) is 2.19. The Balaban J connectivity index is 2.59. The molecule has 18 heavy (non-hydrogen) atoms. The minimum Gasteiger partial charge on any atom is -0.373 e. The lowest BCUT2D eigenvalue weighted by molar-refractivity contribution is 0.0755. The molecule has 1 aromatic rings.